The van der Waals surface area contributed by atoms with Crippen molar-refractivity contribution in [2.24, 2.45) is 11.1 Å². The van der Waals surface area contributed by atoms with Crippen molar-refractivity contribution in [3.8, 4) is 0 Å². The second-order valence-electron chi connectivity index (χ2n) is 6.11. The molecule has 16 heavy (non-hydrogen) atoms. The van der Waals surface area contributed by atoms with Gasteiger partial charge in [0.25, 0.3) is 0 Å². The van der Waals surface area contributed by atoms with Gasteiger partial charge in [-0.15, -0.1) is 0 Å². The van der Waals surface area contributed by atoms with Crippen LogP contribution in [-0.2, 0) is 9.53 Å². The molecular formula is C12H24N2O2. The van der Waals surface area contributed by atoms with E-state index in [0.29, 0.717) is 0 Å². The van der Waals surface area contributed by atoms with Crippen LogP contribution in [0.3, 0.4) is 0 Å². The summed E-state index contributed by atoms with van der Waals surface area (Å²) in [4.78, 5) is 11.8. The lowest BCUT2D eigenvalue weighted by Gasteiger charge is -2.59. The summed E-state index contributed by atoms with van der Waals surface area (Å²) in [6, 6.07) is 0.132. The Balaban J connectivity index is 2.65. The van der Waals surface area contributed by atoms with Gasteiger partial charge in [0.2, 0.25) is 5.91 Å². The fourth-order valence-corrected chi connectivity index (χ4v) is 2.07. The highest BCUT2D eigenvalue weighted by atomic mass is 16.5. The summed E-state index contributed by atoms with van der Waals surface area (Å²) >= 11 is 0. The van der Waals surface area contributed by atoms with E-state index < -0.39 is 5.54 Å². The van der Waals surface area contributed by atoms with Crippen molar-refractivity contribution in [2.75, 3.05) is 7.11 Å². The zero-order valence-corrected chi connectivity index (χ0v) is 11.2. The molecule has 0 bridgehead atoms. The Hall–Kier alpha value is -0.610. The minimum absolute atomic E-state index is 0.0668. The van der Waals surface area contributed by atoms with Gasteiger partial charge >= 0.3 is 0 Å². The van der Waals surface area contributed by atoms with E-state index in [-0.39, 0.29) is 23.0 Å². The van der Waals surface area contributed by atoms with Crippen LogP contribution in [-0.4, -0.2) is 30.2 Å². The Morgan fingerprint density at radius 2 is 1.94 bits per heavy atom. The molecule has 94 valence electrons. The van der Waals surface area contributed by atoms with Crippen LogP contribution >= 0.6 is 0 Å². The van der Waals surface area contributed by atoms with Crippen molar-refractivity contribution in [1.29, 1.82) is 0 Å². The van der Waals surface area contributed by atoms with Crippen LogP contribution in [0.5, 0.6) is 0 Å². The summed E-state index contributed by atoms with van der Waals surface area (Å²) in [6.07, 6.45) is 0.832. The van der Waals surface area contributed by atoms with Crippen molar-refractivity contribution < 1.29 is 9.53 Å². The highest BCUT2D eigenvalue weighted by Crippen LogP contribution is 2.51. The fraction of sp³-hybridized carbons (Fsp3) is 0.917. The SMILES string of the molecule is COC1(C)CC(NC(=O)C(C)(C)N)C1(C)C. The number of nitrogens with one attached hydrogen (secondary N) is 1. The van der Waals surface area contributed by atoms with E-state index in [1.54, 1.807) is 21.0 Å². The molecule has 0 aromatic carbocycles. The van der Waals surface area contributed by atoms with Crippen molar-refractivity contribution in [2.45, 2.75) is 58.2 Å². The number of nitrogens with two attached hydrogens (primary N) is 1. The Kier molecular flexibility index (Phi) is 3.12. The smallest absolute Gasteiger partial charge is 0.239 e. The van der Waals surface area contributed by atoms with Crippen LogP contribution in [0, 0.1) is 5.41 Å². The minimum atomic E-state index is -0.824. The standard InChI is InChI=1S/C12H24N2O2/c1-10(2)8(7-12(10,5)16-6)14-9(15)11(3,4)13/h8H,7,13H2,1-6H3,(H,14,15). The average Bonchev–Trinajstić information content (AvgIpc) is 2.15. The van der Waals surface area contributed by atoms with E-state index in [9.17, 15) is 4.79 Å². The third kappa shape index (κ3) is 1.96. The Bertz CT molecular complexity index is 294. The van der Waals surface area contributed by atoms with E-state index in [1.807, 2.05) is 0 Å². The zero-order chi connectivity index (χ0) is 12.8. The summed E-state index contributed by atoms with van der Waals surface area (Å²) < 4.78 is 5.50. The van der Waals surface area contributed by atoms with Gasteiger partial charge in [-0.05, 0) is 27.2 Å². The van der Waals surface area contributed by atoms with Gasteiger partial charge in [0.05, 0.1) is 11.1 Å². The lowest BCUT2D eigenvalue weighted by molar-refractivity contribution is -0.183. The third-order valence-electron chi connectivity index (χ3n) is 4.17. The van der Waals surface area contributed by atoms with Gasteiger partial charge in [0.1, 0.15) is 0 Å². The summed E-state index contributed by atoms with van der Waals surface area (Å²) in [6.45, 7) is 9.71. The molecule has 2 unspecified atom stereocenters. The van der Waals surface area contributed by atoms with Crippen molar-refractivity contribution in [3.05, 3.63) is 0 Å². The van der Waals surface area contributed by atoms with Gasteiger partial charge in [-0.1, -0.05) is 13.8 Å². The second-order valence-corrected chi connectivity index (χ2v) is 6.11. The number of hydrogen-bond donors (Lipinski definition) is 2. The molecule has 4 nitrogen and oxygen atoms in total. The molecule has 1 amide bonds. The lowest BCUT2D eigenvalue weighted by atomic mass is 9.55. The van der Waals surface area contributed by atoms with Gasteiger partial charge in [-0.3, -0.25) is 4.79 Å². The van der Waals surface area contributed by atoms with Gasteiger partial charge in [0, 0.05) is 18.6 Å². The molecule has 0 saturated heterocycles. The molecular weight excluding hydrogens is 204 g/mol. The van der Waals surface area contributed by atoms with E-state index in [2.05, 4.69) is 26.1 Å². The molecule has 4 heteroatoms. The molecule has 0 aromatic rings. The minimum Gasteiger partial charge on any atom is -0.378 e. The van der Waals surface area contributed by atoms with Gasteiger partial charge in [-0.25, -0.2) is 0 Å². The number of hydrogen-bond acceptors (Lipinski definition) is 3. The van der Waals surface area contributed by atoms with Crippen LogP contribution in [0.1, 0.15) is 41.0 Å². The quantitative estimate of drug-likeness (QED) is 0.758. The maximum absolute atomic E-state index is 11.8. The van der Waals surface area contributed by atoms with Gasteiger partial charge < -0.3 is 15.8 Å². The number of carbonyl (C=O) groups is 1. The molecule has 1 saturated carbocycles. The number of ether oxygens (including phenoxy) is 1. The molecule has 0 radical (unpaired) electrons. The molecule has 0 spiro atoms. The van der Waals surface area contributed by atoms with Crippen LogP contribution in [0.15, 0.2) is 0 Å². The first-order valence-corrected chi connectivity index (χ1v) is 5.69. The number of amides is 1. The number of rotatable bonds is 3. The lowest BCUT2D eigenvalue weighted by Crippen LogP contribution is -2.70. The Labute approximate surface area is 97.9 Å². The number of carbonyl (C=O) groups excluding carboxylic acids is 1. The maximum atomic E-state index is 11.8. The highest BCUT2D eigenvalue weighted by molar-refractivity contribution is 5.85. The van der Waals surface area contributed by atoms with Crippen LogP contribution in [0.2, 0.25) is 0 Å². The molecule has 0 heterocycles. The molecule has 3 N–H and O–H groups in total. The topological polar surface area (TPSA) is 64.3 Å². The average molecular weight is 228 g/mol. The third-order valence-corrected chi connectivity index (χ3v) is 4.17. The number of methoxy groups -OCH3 is 1. The second kappa shape index (κ2) is 3.70. The summed E-state index contributed by atoms with van der Waals surface area (Å²) in [5.41, 5.74) is 4.70. The molecule has 0 aliphatic heterocycles. The molecule has 2 atom stereocenters. The summed E-state index contributed by atoms with van der Waals surface area (Å²) in [5, 5.41) is 2.99. The van der Waals surface area contributed by atoms with E-state index in [4.69, 9.17) is 10.5 Å². The fourth-order valence-electron chi connectivity index (χ4n) is 2.07. The van der Waals surface area contributed by atoms with Crippen LogP contribution in [0.4, 0.5) is 0 Å². The largest absolute Gasteiger partial charge is 0.378 e. The monoisotopic (exact) mass is 228 g/mol. The molecule has 1 aliphatic carbocycles. The summed E-state index contributed by atoms with van der Waals surface area (Å²) in [7, 11) is 1.71. The Morgan fingerprint density at radius 3 is 2.25 bits per heavy atom. The van der Waals surface area contributed by atoms with E-state index >= 15 is 0 Å². The first kappa shape index (κ1) is 13.5. The molecule has 1 aliphatic rings. The van der Waals surface area contributed by atoms with E-state index in [0.717, 1.165) is 6.42 Å². The van der Waals surface area contributed by atoms with Gasteiger partial charge in [0.15, 0.2) is 0 Å². The van der Waals surface area contributed by atoms with Crippen LogP contribution < -0.4 is 11.1 Å². The highest BCUT2D eigenvalue weighted by Gasteiger charge is 2.58. The van der Waals surface area contributed by atoms with Gasteiger partial charge in [-0.2, -0.15) is 0 Å². The molecule has 0 aromatic heterocycles. The van der Waals surface area contributed by atoms with Crippen molar-refractivity contribution >= 4 is 5.91 Å². The normalized spacial score (nSPS) is 33.1. The maximum Gasteiger partial charge on any atom is 0.239 e. The van der Waals surface area contributed by atoms with Crippen LogP contribution in [0.25, 0.3) is 0 Å². The Morgan fingerprint density at radius 1 is 1.44 bits per heavy atom. The van der Waals surface area contributed by atoms with E-state index in [1.165, 1.54) is 0 Å². The van der Waals surface area contributed by atoms with Crippen molar-refractivity contribution in [3.63, 3.8) is 0 Å². The molecule has 1 fully saturated rings. The predicted molar refractivity (Wildman–Crippen MR) is 64.0 cm³/mol. The molecule has 1 rings (SSSR count). The predicted octanol–water partition coefficient (Wildman–Crippen LogP) is 1.04. The van der Waals surface area contributed by atoms with Crippen molar-refractivity contribution in [1.82, 2.24) is 5.32 Å². The first-order chi connectivity index (χ1) is 7.04. The first-order valence-electron chi connectivity index (χ1n) is 5.69. The summed E-state index contributed by atoms with van der Waals surface area (Å²) in [5.74, 6) is -0.108. The zero-order valence-electron chi connectivity index (χ0n) is 11.2.